The molecule has 0 radical (unpaired) electrons. The van der Waals surface area contributed by atoms with Crippen LogP contribution in [0.3, 0.4) is 0 Å². The van der Waals surface area contributed by atoms with Crippen LogP contribution in [0.5, 0.6) is 0 Å². The monoisotopic (exact) mass is 221 g/mol. The zero-order valence-electron chi connectivity index (χ0n) is 9.85. The van der Waals surface area contributed by atoms with Crippen molar-refractivity contribution in [2.75, 3.05) is 27.2 Å². The van der Waals surface area contributed by atoms with E-state index in [9.17, 15) is 0 Å². The smallest absolute Gasteiger partial charge is 0.123 e. The van der Waals surface area contributed by atoms with Crippen LogP contribution in [0.15, 0.2) is 16.9 Å². The number of nitrogens with one attached hydrogen (secondary N) is 2. The molecule has 3 rings (SSSR count). The van der Waals surface area contributed by atoms with Crippen LogP contribution < -0.4 is 10.6 Å². The van der Waals surface area contributed by atoms with Crippen LogP contribution in [-0.2, 0) is 0 Å². The van der Waals surface area contributed by atoms with Gasteiger partial charge in [0.25, 0.3) is 0 Å². The molecule has 2 fully saturated rings. The van der Waals surface area contributed by atoms with E-state index in [1.807, 2.05) is 7.05 Å². The molecule has 2 N–H and O–H groups in total. The topological polar surface area (TPSA) is 42.9 Å². The number of aliphatic imine (C=N–C) groups is 1. The van der Waals surface area contributed by atoms with E-state index in [1.165, 1.54) is 18.8 Å². The van der Waals surface area contributed by atoms with Crippen molar-refractivity contribution in [2.24, 2.45) is 4.99 Å². The highest BCUT2D eigenvalue weighted by atomic mass is 15.4. The Bertz CT molecular complexity index is 335. The van der Waals surface area contributed by atoms with Crippen molar-refractivity contribution >= 4 is 6.34 Å². The zero-order valence-corrected chi connectivity index (χ0v) is 9.85. The van der Waals surface area contributed by atoms with Gasteiger partial charge in [-0.05, 0) is 26.6 Å². The van der Waals surface area contributed by atoms with E-state index in [0.29, 0.717) is 6.04 Å². The molecule has 3 atom stereocenters. The fourth-order valence-corrected chi connectivity index (χ4v) is 2.92. The van der Waals surface area contributed by atoms with Crippen LogP contribution in [0.25, 0.3) is 0 Å². The maximum Gasteiger partial charge on any atom is 0.123 e. The predicted octanol–water partition coefficient (Wildman–Crippen LogP) is -0.607. The summed E-state index contributed by atoms with van der Waals surface area (Å²) in [6.45, 7) is 2.33. The second-order valence-electron chi connectivity index (χ2n) is 4.84. The summed E-state index contributed by atoms with van der Waals surface area (Å²) in [4.78, 5) is 9.24. The summed E-state index contributed by atoms with van der Waals surface area (Å²) in [7, 11) is 4.16. The maximum atomic E-state index is 4.29. The molecule has 2 saturated heterocycles. The summed E-state index contributed by atoms with van der Waals surface area (Å²) < 4.78 is 0. The SMILES string of the molecule is CNC1C=C(N2C[C@@H]3C[C@H]2CN3C)NC=N1. The Balaban J connectivity index is 1.73. The summed E-state index contributed by atoms with van der Waals surface area (Å²) >= 11 is 0. The van der Waals surface area contributed by atoms with Crippen LogP contribution >= 0.6 is 0 Å². The molecule has 5 nitrogen and oxygen atoms in total. The number of nitrogens with zero attached hydrogens (tertiary/aromatic N) is 3. The number of likely N-dealkylation sites (tertiary alicyclic amines) is 2. The molecular formula is C11H19N5. The van der Waals surface area contributed by atoms with Crippen molar-refractivity contribution < 1.29 is 0 Å². The van der Waals surface area contributed by atoms with Gasteiger partial charge in [0.15, 0.2) is 0 Å². The van der Waals surface area contributed by atoms with Crippen molar-refractivity contribution in [1.82, 2.24) is 20.4 Å². The lowest BCUT2D eigenvalue weighted by molar-refractivity contribution is 0.176. The summed E-state index contributed by atoms with van der Waals surface area (Å²) in [5.74, 6) is 1.22. The molecule has 16 heavy (non-hydrogen) atoms. The summed E-state index contributed by atoms with van der Waals surface area (Å²) in [5.41, 5.74) is 0. The standard InChI is InChI=1S/C11H19N5/c1-12-10-4-11(14-7-13-10)16-6-8-3-9(16)5-15(8)2/h4,7-10,12H,3,5-6H2,1-2H3,(H,13,14)/t8-,9-,10?/m0/s1. The maximum absolute atomic E-state index is 4.29. The molecule has 3 heterocycles. The van der Waals surface area contributed by atoms with Gasteiger partial charge >= 0.3 is 0 Å². The van der Waals surface area contributed by atoms with Crippen LogP contribution in [-0.4, -0.2) is 61.6 Å². The van der Waals surface area contributed by atoms with Crippen molar-refractivity contribution in [3.05, 3.63) is 11.9 Å². The number of rotatable bonds is 2. The third-order valence-corrected chi connectivity index (χ3v) is 3.88. The molecule has 2 bridgehead atoms. The molecule has 0 aromatic heterocycles. The molecule has 0 saturated carbocycles. The highest BCUT2D eigenvalue weighted by Crippen LogP contribution is 2.31. The minimum atomic E-state index is 0.119. The van der Waals surface area contributed by atoms with E-state index in [0.717, 1.165) is 12.6 Å². The number of piperazine rings is 1. The van der Waals surface area contributed by atoms with Gasteiger partial charge in [-0.3, -0.25) is 15.2 Å². The Morgan fingerprint density at radius 3 is 2.94 bits per heavy atom. The van der Waals surface area contributed by atoms with Crippen LogP contribution in [0.4, 0.5) is 0 Å². The minimum Gasteiger partial charge on any atom is -0.352 e. The van der Waals surface area contributed by atoms with Gasteiger partial charge in [0.2, 0.25) is 0 Å². The largest absolute Gasteiger partial charge is 0.352 e. The van der Waals surface area contributed by atoms with Crippen molar-refractivity contribution in [1.29, 1.82) is 0 Å². The van der Waals surface area contributed by atoms with E-state index >= 15 is 0 Å². The lowest BCUT2D eigenvalue weighted by atomic mass is 10.2. The molecule has 0 aliphatic carbocycles. The molecule has 0 spiro atoms. The Labute approximate surface area is 96.2 Å². The second-order valence-corrected chi connectivity index (χ2v) is 4.84. The fourth-order valence-electron chi connectivity index (χ4n) is 2.92. The molecule has 0 amide bonds. The molecular weight excluding hydrogens is 202 g/mol. The van der Waals surface area contributed by atoms with E-state index in [-0.39, 0.29) is 6.17 Å². The normalized spacial score (nSPS) is 37.8. The molecule has 1 unspecified atom stereocenters. The highest BCUT2D eigenvalue weighted by molar-refractivity contribution is 5.59. The Morgan fingerprint density at radius 2 is 2.31 bits per heavy atom. The zero-order chi connectivity index (χ0) is 11.1. The molecule has 0 aromatic rings. The molecule has 0 aromatic carbocycles. The quantitative estimate of drug-likeness (QED) is 0.653. The first kappa shape index (κ1) is 10.1. The molecule has 3 aliphatic rings. The predicted molar refractivity (Wildman–Crippen MR) is 64.1 cm³/mol. The van der Waals surface area contributed by atoms with Crippen LogP contribution in [0.2, 0.25) is 0 Å². The van der Waals surface area contributed by atoms with Gasteiger partial charge in [-0.2, -0.15) is 0 Å². The number of fused-ring (bicyclic) bond motifs is 2. The van der Waals surface area contributed by atoms with Gasteiger partial charge in [-0.25, -0.2) is 0 Å². The Morgan fingerprint density at radius 1 is 1.44 bits per heavy atom. The average Bonchev–Trinajstić information content (AvgIpc) is 2.88. The van der Waals surface area contributed by atoms with Crippen molar-refractivity contribution in [2.45, 2.75) is 24.7 Å². The number of hydrogen-bond acceptors (Lipinski definition) is 5. The first-order valence-electron chi connectivity index (χ1n) is 5.92. The Hall–Kier alpha value is -1.07. The van der Waals surface area contributed by atoms with E-state index < -0.39 is 0 Å². The van der Waals surface area contributed by atoms with E-state index in [1.54, 1.807) is 6.34 Å². The van der Waals surface area contributed by atoms with Crippen LogP contribution in [0.1, 0.15) is 6.42 Å². The Kier molecular flexibility index (Phi) is 2.37. The summed E-state index contributed by atoms with van der Waals surface area (Å²) in [6, 6.07) is 1.41. The second kappa shape index (κ2) is 3.75. The van der Waals surface area contributed by atoms with Gasteiger partial charge in [0.05, 0.1) is 6.34 Å². The van der Waals surface area contributed by atoms with Gasteiger partial charge in [0.1, 0.15) is 12.0 Å². The lowest BCUT2D eigenvalue weighted by Crippen LogP contribution is -2.47. The van der Waals surface area contributed by atoms with Crippen LogP contribution in [0, 0.1) is 0 Å². The van der Waals surface area contributed by atoms with Gasteiger partial charge in [0, 0.05) is 25.2 Å². The lowest BCUT2D eigenvalue weighted by Gasteiger charge is -2.36. The van der Waals surface area contributed by atoms with Crippen molar-refractivity contribution in [3.8, 4) is 0 Å². The summed E-state index contributed by atoms with van der Waals surface area (Å²) in [6.07, 6.45) is 5.39. The van der Waals surface area contributed by atoms with Gasteiger partial charge in [-0.1, -0.05) is 0 Å². The van der Waals surface area contributed by atoms with Gasteiger partial charge < -0.3 is 10.2 Å². The number of likely N-dealkylation sites (N-methyl/N-ethyl adjacent to an activating group) is 2. The minimum absolute atomic E-state index is 0.119. The van der Waals surface area contributed by atoms with E-state index in [2.05, 4.69) is 38.5 Å². The molecule has 88 valence electrons. The molecule has 3 aliphatic heterocycles. The first-order valence-corrected chi connectivity index (χ1v) is 5.92. The highest BCUT2D eigenvalue weighted by Gasteiger charge is 2.42. The third-order valence-electron chi connectivity index (χ3n) is 3.88. The fraction of sp³-hybridized carbons (Fsp3) is 0.727. The first-order chi connectivity index (χ1) is 7.78. The molecule has 5 heteroatoms. The van der Waals surface area contributed by atoms with E-state index in [4.69, 9.17) is 0 Å². The van der Waals surface area contributed by atoms with Crippen molar-refractivity contribution in [3.63, 3.8) is 0 Å². The summed E-state index contributed by atoms with van der Waals surface area (Å²) in [5, 5.41) is 6.42. The average molecular weight is 221 g/mol. The van der Waals surface area contributed by atoms with Gasteiger partial charge in [-0.15, -0.1) is 0 Å². The third kappa shape index (κ3) is 1.51. The number of hydrogen-bond donors (Lipinski definition) is 2.